The van der Waals surface area contributed by atoms with E-state index in [1.54, 1.807) is 12.1 Å². The monoisotopic (exact) mass is 637 g/mol. The van der Waals surface area contributed by atoms with Crippen LogP contribution in [0.4, 0.5) is 25.1 Å². The Balaban J connectivity index is 1.52. The summed E-state index contributed by atoms with van der Waals surface area (Å²) in [5.74, 6) is -3.79. The fourth-order valence-electron chi connectivity index (χ4n) is 4.95. The summed E-state index contributed by atoms with van der Waals surface area (Å²) in [4.78, 5) is 37.4. The molecule has 2 atom stereocenters. The van der Waals surface area contributed by atoms with Gasteiger partial charge in [0.05, 0.1) is 18.9 Å². The van der Waals surface area contributed by atoms with E-state index in [1.165, 1.54) is 0 Å². The Labute approximate surface area is 244 Å². The van der Waals surface area contributed by atoms with Gasteiger partial charge in [-0.1, -0.05) is 23.7 Å². The Bertz CT molecular complexity index is 1350. The van der Waals surface area contributed by atoms with E-state index >= 15 is 0 Å². The van der Waals surface area contributed by atoms with Crippen molar-refractivity contribution in [2.24, 2.45) is 0 Å². The van der Waals surface area contributed by atoms with E-state index in [2.05, 4.69) is 24.9 Å². The number of halogens is 4. The summed E-state index contributed by atoms with van der Waals surface area (Å²) < 4.78 is 68.0. The molecule has 2 aliphatic heterocycles. The van der Waals surface area contributed by atoms with E-state index in [0.29, 0.717) is 43.3 Å². The van der Waals surface area contributed by atoms with Gasteiger partial charge in [-0.25, -0.2) is 18.3 Å². The van der Waals surface area contributed by atoms with E-state index in [0.717, 1.165) is 11.8 Å². The third-order valence-electron chi connectivity index (χ3n) is 7.04. The Morgan fingerprint density at radius 1 is 1.24 bits per heavy atom. The molecule has 0 bridgehead atoms. The first kappa shape index (κ1) is 31.8. The number of hydroxylamine groups is 2. The number of hydrogen-bond acceptors (Lipinski definition) is 11. The molecule has 2 saturated heterocycles. The topological polar surface area (TPSA) is 164 Å². The third kappa shape index (κ3) is 8.45. The predicted octanol–water partition coefficient (Wildman–Crippen LogP) is 1.21. The van der Waals surface area contributed by atoms with Crippen LogP contribution in [-0.2, 0) is 35.4 Å². The third-order valence-corrected chi connectivity index (χ3v) is 8.21. The normalized spacial score (nSPS) is 20.8. The number of nitrogens with zero attached hydrogens (tertiary/aromatic N) is 5. The molecule has 1 amide bonds. The van der Waals surface area contributed by atoms with Crippen LogP contribution in [0.2, 0.25) is 5.02 Å². The number of anilines is 2. The quantitative estimate of drug-likeness (QED) is 0.400. The van der Waals surface area contributed by atoms with Crippen molar-refractivity contribution < 1.29 is 40.8 Å². The molecule has 0 spiro atoms. The smallest absolute Gasteiger partial charge is 0.368 e. The van der Waals surface area contributed by atoms with Crippen molar-refractivity contribution in [3.63, 3.8) is 0 Å². The lowest BCUT2D eigenvalue weighted by atomic mass is 9.96. The van der Waals surface area contributed by atoms with E-state index < -0.39 is 46.3 Å². The van der Waals surface area contributed by atoms with Gasteiger partial charge >= 0.3 is 12.1 Å². The van der Waals surface area contributed by atoms with Gasteiger partial charge in [-0.3, -0.25) is 9.69 Å². The number of nitrogens with two attached hydrogens (primary N) is 1. The molecular weight excluding hydrogens is 607 g/mol. The molecule has 1 aromatic heterocycles. The van der Waals surface area contributed by atoms with Crippen LogP contribution in [0.15, 0.2) is 24.3 Å². The number of aromatic amines is 1. The van der Waals surface area contributed by atoms with Gasteiger partial charge < -0.3 is 20.2 Å². The number of nitrogen functional groups attached to an aromatic ring is 1. The van der Waals surface area contributed by atoms with Gasteiger partial charge in [-0.15, -0.1) is 5.10 Å². The molecule has 0 unspecified atom stereocenters. The van der Waals surface area contributed by atoms with Crippen molar-refractivity contribution in [1.82, 2.24) is 25.1 Å². The van der Waals surface area contributed by atoms with Gasteiger partial charge in [0.25, 0.3) is 5.91 Å². The lowest BCUT2D eigenvalue weighted by molar-refractivity contribution is -0.240. The standard InChI is InChI=1S/C24H31ClF3N7O6S/c1-42(38,39)11-10-35(41-21(37)24(26,27)28)20(36)19-13-34(18(14-40-19)12-15-2-4-16(25)5-3-15)17-6-8-33(9-7-17)23-30-22(29)31-32-23/h2-5,17-19H,6-14H2,1H3,(H3,29,30,31,32)/t18-,19+/m0/s1. The number of piperidine rings is 1. The van der Waals surface area contributed by atoms with Crippen LogP contribution in [0.25, 0.3) is 0 Å². The van der Waals surface area contributed by atoms with Crippen LogP contribution in [-0.4, -0.2) is 115 Å². The lowest BCUT2D eigenvalue weighted by Gasteiger charge is -2.46. The van der Waals surface area contributed by atoms with Crippen LogP contribution in [0, 0.1) is 0 Å². The predicted molar refractivity (Wildman–Crippen MR) is 145 cm³/mol. The summed E-state index contributed by atoms with van der Waals surface area (Å²) in [6.45, 7) is 0.397. The molecule has 0 radical (unpaired) electrons. The summed E-state index contributed by atoms with van der Waals surface area (Å²) >= 11 is 6.03. The molecule has 232 valence electrons. The fraction of sp³-hybridized carbons (Fsp3) is 0.583. The summed E-state index contributed by atoms with van der Waals surface area (Å²) in [6, 6.07) is 7.01. The number of morpholine rings is 1. The summed E-state index contributed by atoms with van der Waals surface area (Å²) in [7, 11) is -3.71. The summed E-state index contributed by atoms with van der Waals surface area (Å²) in [5.41, 5.74) is 6.61. The number of H-pyrrole nitrogens is 1. The molecule has 18 heteroatoms. The Hall–Kier alpha value is -3.15. The van der Waals surface area contributed by atoms with Crippen molar-refractivity contribution >= 4 is 45.2 Å². The van der Waals surface area contributed by atoms with Crippen molar-refractivity contribution in [3.8, 4) is 0 Å². The highest BCUT2D eigenvalue weighted by Crippen LogP contribution is 2.28. The number of benzene rings is 1. The highest BCUT2D eigenvalue weighted by atomic mass is 35.5. The number of alkyl halides is 3. The van der Waals surface area contributed by atoms with Crippen LogP contribution in [0.3, 0.4) is 0 Å². The maximum atomic E-state index is 13.3. The highest BCUT2D eigenvalue weighted by molar-refractivity contribution is 7.90. The molecule has 0 aliphatic carbocycles. The second kappa shape index (κ2) is 13.0. The van der Waals surface area contributed by atoms with E-state index in [9.17, 15) is 31.2 Å². The first-order chi connectivity index (χ1) is 19.7. The van der Waals surface area contributed by atoms with Crippen molar-refractivity contribution in [3.05, 3.63) is 34.9 Å². The lowest BCUT2D eigenvalue weighted by Crippen LogP contribution is -2.60. The fourth-order valence-corrected chi connectivity index (χ4v) is 5.57. The average molecular weight is 638 g/mol. The minimum atomic E-state index is -5.39. The number of ether oxygens (including phenoxy) is 1. The molecule has 13 nitrogen and oxygen atoms in total. The Morgan fingerprint density at radius 2 is 1.90 bits per heavy atom. The van der Waals surface area contributed by atoms with Gasteiger partial charge in [-0.05, 0) is 37.0 Å². The second-order valence-electron chi connectivity index (χ2n) is 10.2. The molecule has 2 aromatic rings. The number of amides is 1. The van der Waals surface area contributed by atoms with Crippen molar-refractivity contribution in [1.29, 1.82) is 0 Å². The number of aromatic nitrogens is 3. The minimum Gasteiger partial charge on any atom is -0.368 e. The number of nitrogens with one attached hydrogen (secondary N) is 1. The molecule has 2 fully saturated rings. The maximum Gasteiger partial charge on any atom is 0.493 e. The van der Waals surface area contributed by atoms with Crippen molar-refractivity contribution in [2.75, 3.05) is 55.4 Å². The molecule has 3 heterocycles. The zero-order valence-corrected chi connectivity index (χ0v) is 24.2. The van der Waals surface area contributed by atoms with E-state index in [-0.39, 0.29) is 36.2 Å². The van der Waals surface area contributed by atoms with Crippen LogP contribution < -0.4 is 10.6 Å². The number of carbonyl (C=O) groups excluding carboxylic acids is 2. The average Bonchev–Trinajstić information content (AvgIpc) is 3.37. The van der Waals surface area contributed by atoms with E-state index in [1.807, 2.05) is 17.0 Å². The van der Waals surface area contributed by atoms with Gasteiger partial charge in [0.1, 0.15) is 9.84 Å². The molecule has 2 aliphatic rings. The molecule has 0 saturated carbocycles. The number of rotatable bonds is 8. The first-order valence-corrected chi connectivity index (χ1v) is 15.5. The van der Waals surface area contributed by atoms with Gasteiger partial charge in [0, 0.05) is 43.0 Å². The zero-order chi connectivity index (χ0) is 30.7. The SMILES string of the molecule is CS(=O)(=O)CCN(OC(=O)C(F)(F)F)C(=O)[C@H]1CN(C2CCN(c3n[nH]c(N)n3)CC2)[C@@H](Cc2ccc(Cl)cc2)CO1. The molecule has 1 aromatic carbocycles. The number of carbonyl (C=O) groups is 2. The Kier molecular flexibility index (Phi) is 9.84. The minimum absolute atomic E-state index is 0.0195. The van der Waals surface area contributed by atoms with Gasteiger partial charge in [0.2, 0.25) is 11.9 Å². The van der Waals surface area contributed by atoms with E-state index in [4.69, 9.17) is 22.1 Å². The molecule has 3 N–H and O–H groups in total. The number of hydrogen-bond donors (Lipinski definition) is 2. The molecule has 4 rings (SSSR count). The zero-order valence-electron chi connectivity index (χ0n) is 22.6. The van der Waals surface area contributed by atoms with Gasteiger partial charge in [-0.2, -0.15) is 23.2 Å². The van der Waals surface area contributed by atoms with Crippen LogP contribution >= 0.6 is 11.6 Å². The Morgan fingerprint density at radius 3 is 2.48 bits per heavy atom. The summed E-state index contributed by atoms with van der Waals surface area (Å²) in [5, 5.41) is 7.40. The number of sulfone groups is 1. The largest absolute Gasteiger partial charge is 0.493 e. The van der Waals surface area contributed by atoms with Gasteiger partial charge in [0.15, 0.2) is 6.10 Å². The molecular formula is C24H31ClF3N7O6S. The van der Waals surface area contributed by atoms with Crippen molar-refractivity contribution in [2.45, 2.75) is 43.6 Å². The van der Waals surface area contributed by atoms with Crippen LogP contribution in [0.1, 0.15) is 18.4 Å². The maximum absolute atomic E-state index is 13.3. The first-order valence-electron chi connectivity index (χ1n) is 13.0. The van der Waals surface area contributed by atoms with Crippen LogP contribution in [0.5, 0.6) is 0 Å². The highest BCUT2D eigenvalue weighted by Gasteiger charge is 2.45. The molecule has 42 heavy (non-hydrogen) atoms. The second-order valence-corrected chi connectivity index (χ2v) is 12.9. The summed E-state index contributed by atoms with van der Waals surface area (Å²) in [6.07, 6.45) is -4.02.